The number of hydrogen-bond acceptors (Lipinski definition) is 6. The maximum atomic E-state index is 12.6. The normalized spacial score (nSPS) is 15.2. The molecular formula is C21H26N2O4. The number of hydrogen-bond donors (Lipinski definition) is 2. The van der Waals surface area contributed by atoms with Crippen molar-refractivity contribution in [2.24, 2.45) is 5.73 Å². The van der Waals surface area contributed by atoms with Crippen LogP contribution in [-0.2, 0) is 6.42 Å². The summed E-state index contributed by atoms with van der Waals surface area (Å²) in [5, 5.41) is 3.11. The molecule has 0 bridgehead atoms. The zero-order chi connectivity index (χ0) is 19.6. The third-order valence-electron chi connectivity index (χ3n) is 4.95. The largest absolute Gasteiger partial charge is 0.493 e. The molecule has 0 spiro atoms. The molecule has 1 aliphatic carbocycles. The third kappa shape index (κ3) is 3.32. The summed E-state index contributed by atoms with van der Waals surface area (Å²) in [4.78, 5) is 12.6. The van der Waals surface area contributed by atoms with E-state index in [2.05, 4.69) is 5.32 Å². The van der Waals surface area contributed by atoms with Gasteiger partial charge in [0.2, 0.25) is 11.2 Å². The molecule has 1 aliphatic rings. The van der Waals surface area contributed by atoms with Crippen LogP contribution in [0.1, 0.15) is 30.5 Å². The van der Waals surface area contributed by atoms with Gasteiger partial charge in [0.15, 0.2) is 11.5 Å². The first-order chi connectivity index (χ1) is 13.0. The van der Waals surface area contributed by atoms with Gasteiger partial charge in [0.05, 0.1) is 27.0 Å². The van der Waals surface area contributed by atoms with Crippen molar-refractivity contribution in [1.82, 2.24) is 0 Å². The molecule has 0 radical (unpaired) electrons. The Labute approximate surface area is 159 Å². The average molecular weight is 370 g/mol. The van der Waals surface area contributed by atoms with Crippen molar-refractivity contribution in [3.05, 3.63) is 45.6 Å². The Morgan fingerprint density at radius 3 is 2.48 bits per heavy atom. The van der Waals surface area contributed by atoms with Crippen LogP contribution in [0, 0.1) is 0 Å². The lowest BCUT2D eigenvalue weighted by Crippen LogP contribution is -2.13. The monoisotopic (exact) mass is 370 g/mol. The summed E-state index contributed by atoms with van der Waals surface area (Å²) in [6.07, 6.45) is 1.47. The molecule has 1 atom stereocenters. The van der Waals surface area contributed by atoms with Gasteiger partial charge < -0.3 is 25.3 Å². The van der Waals surface area contributed by atoms with E-state index in [0.717, 1.165) is 35.1 Å². The molecule has 0 amide bonds. The molecule has 3 rings (SSSR count). The highest BCUT2D eigenvalue weighted by atomic mass is 16.5. The van der Waals surface area contributed by atoms with Gasteiger partial charge in [-0.15, -0.1) is 0 Å². The second-order valence-electron chi connectivity index (χ2n) is 6.48. The molecule has 0 aliphatic heterocycles. The van der Waals surface area contributed by atoms with Crippen molar-refractivity contribution < 1.29 is 14.2 Å². The Kier molecular flexibility index (Phi) is 5.56. The van der Waals surface area contributed by atoms with Gasteiger partial charge in [-0.25, -0.2) is 0 Å². The first kappa shape index (κ1) is 19.0. The molecule has 6 heteroatoms. The predicted octanol–water partition coefficient (Wildman–Crippen LogP) is 3.12. The summed E-state index contributed by atoms with van der Waals surface area (Å²) in [5.74, 6) is 1.73. The molecule has 0 saturated heterocycles. The third-order valence-corrected chi connectivity index (χ3v) is 4.95. The van der Waals surface area contributed by atoms with Gasteiger partial charge >= 0.3 is 0 Å². The van der Waals surface area contributed by atoms with Crippen LogP contribution in [-0.4, -0.2) is 27.9 Å². The van der Waals surface area contributed by atoms with E-state index in [1.807, 2.05) is 25.1 Å². The smallest absolute Gasteiger partial charge is 0.203 e. The summed E-state index contributed by atoms with van der Waals surface area (Å²) in [6.45, 7) is 2.62. The van der Waals surface area contributed by atoms with Crippen LogP contribution < -0.4 is 30.7 Å². The van der Waals surface area contributed by atoms with Gasteiger partial charge in [0.25, 0.3) is 0 Å². The van der Waals surface area contributed by atoms with E-state index in [-0.39, 0.29) is 11.5 Å². The Morgan fingerprint density at radius 1 is 1.11 bits per heavy atom. The van der Waals surface area contributed by atoms with E-state index < -0.39 is 0 Å². The van der Waals surface area contributed by atoms with Crippen LogP contribution in [0.4, 0.5) is 5.69 Å². The minimum absolute atomic E-state index is 0.0727. The van der Waals surface area contributed by atoms with Gasteiger partial charge in [-0.05, 0) is 54.7 Å². The highest BCUT2D eigenvalue weighted by molar-refractivity contribution is 5.82. The van der Waals surface area contributed by atoms with Gasteiger partial charge in [0.1, 0.15) is 0 Å². The molecule has 0 aromatic heterocycles. The van der Waals surface area contributed by atoms with E-state index in [1.54, 1.807) is 27.4 Å². The Hall–Kier alpha value is -2.73. The van der Waals surface area contributed by atoms with Gasteiger partial charge in [0, 0.05) is 18.2 Å². The lowest BCUT2D eigenvalue weighted by Gasteiger charge is -2.19. The molecule has 0 heterocycles. The lowest BCUT2D eigenvalue weighted by atomic mass is 9.95. The van der Waals surface area contributed by atoms with E-state index >= 15 is 0 Å². The first-order valence-electron chi connectivity index (χ1n) is 9.05. The Bertz CT molecular complexity index is 912. The second kappa shape index (κ2) is 7.88. The van der Waals surface area contributed by atoms with Crippen LogP contribution in [0.2, 0.25) is 0 Å². The van der Waals surface area contributed by atoms with Crippen LogP contribution in [0.25, 0.3) is 11.1 Å². The molecule has 2 aromatic carbocycles. The van der Waals surface area contributed by atoms with Crippen molar-refractivity contribution in [1.29, 1.82) is 0 Å². The summed E-state index contributed by atoms with van der Waals surface area (Å²) in [5.41, 5.74) is 10.6. The number of aryl methyl sites for hydroxylation is 1. The Morgan fingerprint density at radius 2 is 1.85 bits per heavy atom. The Balaban J connectivity index is 2.39. The molecule has 0 saturated carbocycles. The van der Waals surface area contributed by atoms with Crippen LogP contribution >= 0.6 is 0 Å². The highest BCUT2D eigenvalue weighted by Gasteiger charge is 2.27. The van der Waals surface area contributed by atoms with Crippen molar-refractivity contribution in [3.8, 4) is 28.4 Å². The number of rotatable bonds is 5. The van der Waals surface area contributed by atoms with Crippen LogP contribution in [0.15, 0.2) is 29.1 Å². The first-order valence-corrected chi connectivity index (χ1v) is 9.05. The van der Waals surface area contributed by atoms with E-state index in [0.29, 0.717) is 29.5 Å². The fourth-order valence-electron chi connectivity index (χ4n) is 3.68. The summed E-state index contributed by atoms with van der Waals surface area (Å²) >= 11 is 0. The van der Waals surface area contributed by atoms with Crippen LogP contribution in [0.3, 0.4) is 0 Å². The number of nitrogens with one attached hydrogen (secondary N) is 1. The zero-order valence-corrected chi connectivity index (χ0v) is 16.2. The maximum Gasteiger partial charge on any atom is 0.203 e. The van der Waals surface area contributed by atoms with Crippen molar-refractivity contribution >= 4 is 5.69 Å². The lowest BCUT2D eigenvalue weighted by molar-refractivity contribution is 0.324. The van der Waals surface area contributed by atoms with E-state index in [4.69, 9.17) is 19.9 Å². The molecular weight excluding hydrogens is 344 g/mol. The number of methoxy groups -OCH3 is 3. The number of nitrogens with two attached hydrogens (primary N) is 1. The van der Waals surface area contributed by atoms with Crippen LogP contribution in [0.5, 0.6) is 17.2 Å². The summed E-state index contributed by atoms with van der Waals surface area (Å²) < 4.78 is 16.8. The number of ether oxygens (including phenoxy) is 3. The zero-order valence-electron chi connectivity index (χ0n) is 16.2. The fourth-order valence-corrected chi connectivity index (χ4v) is 3.68. The molecule has 144 valence electrons. The summed E-state index contributed by atoms with van der Waals surface area (Å²) in [7, 11) is 4.79. The molecule has 1 unspecified atom stereocenters. The van der Waals surface area contributed by atoms with Crippen molar-refractivity contribution in [2.75, 3.05) is 33.2 Å². The second-order valence-corrected chi connectivity index (χ2v) is 6.48. The average Bonchev–Trinajstić information content (AvgIpc) is 2.91. The maximum absolute atomic E-state index is 12.6. The minimum atomic E-state index is -0.247. The molecule has 2 aromatic rings. The van der Waals surface area contributed by atoms with E-state index in [9.17, 15) is 4.79 Å². The predicted molar refractivity (Wildman–Crippen MR) is 107 cm³/mol. The van der Waals surface area contributed by atoms with Crippen molar-refractivity contribution in [3.63, 3.8) is 0 Å². The topological polar surface area (TPSA) is 82.8 Å². The quantitative estimate of drug-likeness (QED) is 0.841. The summed E-state index contributed by atoms with van der Waals surface area (Å²) in [6, 6.07) is 7.11. The minimum Gasteiger partial charge on any atom is -0.493 e. The fraction of sp³-hybridized carbons (Fsp3) is 0.381. The van der Waals surface area contributed by atoms with Gasteiger partial charge in [-0.3, -0.25) is 4.79 Å². The SMILES string of the molecule is CCNc1ccc2c(cc1=O)C(N)CCc1cc(OC)c(OC)c(OC)c1-2. The molecule has 27 heavy (non-hydrogen) atoms. The number of anilines is 1. The highest BCUT2D eigenvalue weighted by Crippen LogP contribution is 2.49. The molecule has 3 N–H and O–H groups in total. The molecule has 6 nitrogen and oxygen atoms in total. The molecule has 0 fully saturated rings. The number of benzene rings is 1. The van der Waals surface area contributed by atoms with Crippen molar-refractivity contribution in [2.45, 2.75) is 25.8 Å². The number of fused-ring (bicyclic) bond motifs is 3. The van der Waals surface area contributed by atoms with E-state index in [1.165, 1.54) is 0 Å². The standard InChI is InChI=1S/C21H26N2O4/c1-5-23-16-9-7-13-14(11-17(16)24)15(22)8-6-12-10-18(25-2)20(26-3)21(27-4)19(12)13/h7,9-11,15H,5-6,8,22H2,1-4H3,(H,23,24). The van der Waals surface area contributed by atoms with Gasteiger partial charge in [-0.1, -0.05) is 6.07 Å². The van der Waals surface area contributed by atoms with Gasteiger partial charge in [-0.2, -0.15) is 0 Å².